The van der Waals surface area contributed by atoms with E-state index in [2.05, 4.69) is 22.4 Å². The van der Waals surface area contributed by atoms with E-state index in [0.29, 0.717) is 23.6 Å². The fraction of sp³-hybridized carbons (Fsp3) is 0.125. The third-order valence-corrected chi connectivity index (χ3v) is 5.19. The predicted molar refractivity (Wildman–Crippen MR) is 116 cm³/mol. The van der Waals surface area contributed by atoms with Gasteiger partial charge < -0.3 is 24.5 Å². The number of nitrogens with one attached hydrogen (secondary N) is 2. The quantitative estimate of drug-likeness (QED) is 0.514. The van der Waals surface area contributed by atoms with Crippen molar-refractivity contribution in [2.45, 2.75) is 6.54 Å². The topological polar surface area (TPSA) is 72.6 Å². The fourth-order valence-corrected chi connectivity index (χ4v) is 3.62. The van der Waals surface area contributed by atoms with Gasteiger partial charge in [-0.05, 0) is 35.4 Å². The van der Waals surface area contributed by atoms with Crippen LogP contribution in [0.4, 0.5) is 5.69 Å². The van der Waals surface area contributed by atoms with Crippen LogP contribution in [0.5, 0.6) is 17.2 Å². The summed E-state index contributed by atoms with van der Waals surface area (Å²) in [5.41, 5.74) is 4.20. The molecule has 5 rings (SSSR count). The molecule has 2 N–H and O–H groups in total. The maximum absolute atomic E-state index is 12.6. The van der Waals surface area contributed by atoms with Crippen LogP contribution in [0.2, 0.25) is 0 Å². The molecule has 2 heterocycles. The number of aromatic nitrogens is 1. The first-order valence-corrected chi connectivity index (χ1v) is 9.64. The van der Waals surface area contributed by atoms with Gasteiger partial charge in [0.05, 0.1) is 18.3 Å². The number of anilines is 1. The second-order valence-corrected chi connectivity index (χ2v) is 7.05. The highest BCUT2D eigenvalue weighted by atomic mass is 16.7. The van der Waals surface area contributed by atoms with Gasteiger partial charge in [0, 0.05) is 23.6 Å². The molecule has 0 atom stereocenters. The maximum Gasteiger partial charge on any atom is 0.253 e. The molecule has 30 heavy (non-hydrogen) atoms. The van der Waals surface area contributed by atoms with E-state index in [1.54, 1.807) is 13.2 Å². The van der Waals surface area contributed by atoms with Gasteiger partial charge >= 0.3 is 0 Å². The van der Waals surface area contributed by atoms with Crippen LogP contribution in [-0.2, 0) is 6.54 Å². The maximum atomic E-state index is 12.6. The molecule has 0 radical (unpaired) electrons. The van der Waals surface area contributed by atoms with Crippen LogP contribution in [0.1, 0.15) is 5.56 Å². The number of H-pyrrole nitrogens is 1. The summed E-state index contributed by atoms with van der Waals surface area (Å²) < 4.78 is 16.3. The minimum atomic E-state index is -0.146. The van der Waals surface area contributed by atoms with Crippen molar-refractivity contribution in [3.05, 3.63) is 82.6 Å². The molecule has 0 spiro atoms. The number of rotatable bonds is 5. The van der Waals surface area contributed by atoms with Crippen LogP contribution in [0.25, 0.3) is 22.0 Å². The Hall–Kier alpha value is -3.93. The zero-order valence-corrected chi connectivity index (χ0v) is 16.4. The Morgan fingerprint density at radius 1 is 0.967 bits per heavy atom. The van der Waals surface area contributed by atoms with E-state index in [4.69, 9.17) is 14.2 Å². The van der Waals surface area contributed by atoms with E-state index in [-0.39, 0.29) is 12.4 Å². The van der Waals surface area contributed by atoms with Gasteiger partial charge in [0.2, 0.25) is 6.79 Å². The molecule has 0 aliphatic carbocycles. The number of ether oxygens (including phenoxy) is 3. The Morgan fingerprint density at radius 3 is 2.57 bits per heavy atom. The van der Waals surface area contributed by atoms with E-state index in [0.717, 1.165) is 33.5 Å². The van der Waals surface area contributed by atoms with Crippen LogP contribution in [0, 0.1) is 0 Å². The van der Waals surface area contributed by atoms with E-state index in [1.165, 1.54) is 0 Å². The molecule has 1 aliphatic heterocycles. The Bertz CT molecular complexity index is 1280. The Kier molecular flexibility index (Phi) is 4.52. The highest BCUT2D eigenvalue weighted by molar-refractivity contribution is 5.83. The molecule has 1 aliphatic rings. The number of hydrogen-bond donors (Lipinski definition) is 2. The smallest absolute Gasteiger partial charge is 0.253 e. The molecule has 0 unspecified atom stereocenters. The molecule has 6 heteroatoms. The SMILES string of the molecule is COc1ccc(-c2ccccc2)cc1NCc1cc2cc3c(cc2[nH]c1=O)OCO3. The standard InChI is InChI=1S/C24H20N2O4/c1-28-21-8-7-16(15-5-3-2-4-6-15)10-20(21)25-13-18-9-17-11-22-23(30-14-29-22)12-19(17)26-24(18)27/h2-12,25H,13-14H2,1H3,(H,26,27). The molecule has 6 nitrogen and oxygen atoms in total. The Morgan fingerprint density at radius 2 is 1.77 bits per heavy atom. The van der Waals surface area contributed by atoms with E-state index >= 15 is 0 Å². The highest BCUT2D eigenvalue weighted by Gasteiger charge is 2.15. The Balaban J connectivity index is 1.45. The third kappa shape index (κ3) is 3.33. The van der Waals surface area contributed by atoms with Gasteiger partial charge in [-0.25, -0.2) is 0 Å². The summed E-state index contributed by atoms with van der Waals surface area (Å²) in [6.45, 7) is 0.552. The van der Waals surface area contributed by atoms with Crippen molar-refractivity contribution in [1.29, 1.82) is 0 Å². The molecular weight excluding hydrogens is 380 g/mol. The predicted octanol–water partition coefficient (Wildman–Crippen LogP) is 4.54. The molecule has 1 aromatic heterocycles. The molecule has 0 amide bonds. The van der Waals surface area contributed by atoms with Crippen molar-refractivity contribution in [3.63, 3.8) is 0 Å². The zero-order chi connectivity index (χ0) is 20.5. The summed E-state index contributed by atoms with van der Waals surface area (Å²) in [7, 11) is 1.63. The third-order valence-electron chi connectivity index (χ3n) is 5.19. The van der Waals surface area contributed by atoms with E-state index < -0.39 is 0 Å². The first-order valence-electron chi connectivity index (χ1n) is 9.64. The normalized spacial score (nSPS) is 12.2. The molecule has 150 valence electrons. The molecule has 0 saturated heterocycles. The van der Waals surface area contributed by atoms with Crippen molar-refractivity contribution in [3.8, 4) is 28.4 Å². The van der Waals surface area contributed by atoms with Crippen molar-refractivity contribution >= 4 is 16.6 Å². The van der Waals surface area contributed by atoms with Crippen LogP contribution in [0.3, 0.4) is 0 Å². The van der Waals surface area contributed by atoms with Gasteiger partial charge in [-0.15, -0.1) is 0 Å². The number of benzene rings is 3. The Labute approximate surface area is 173 Å². The first-order chi connectivity index (χ1) is 14.7. The zero-order valence-electron chi connectivity index (χ0n) is 16.4. The summed E-state index contributed by atoms with van der Waals surface area (Å²) in [6, 6.07) is 21.6. The average Bonchev–Trinajstić information content (AvgIpc) is 3.24. The van der Waals surface area contributed by atoms with Crippen LogP contribution in [-0.4, -0.2) is 18.9 Å². The molecular formula is C24H20N2O4. The summed E-state index contributed by atoms with van der Waals surface area (Å²) in [5.74, 6) is 2.05. The van der Waals surface area contributed by atoms with Crippen LogP contribution >= 0.6 is 0 Å². The van der Waals surface area contributed by atoms with Crippen LogP contribution < -0.4 is 25.1 Å². The van der Waals surface area contributed by atoms with E-state index in [9.17, 15) is 4.79 Å². The summed E-state index contributed by atoms with van der Waals surface area (Å²) in [6.07, 6.45) is 0. The number of fused-ring (bicyclic) bond motifs is 2. The lowest BCUT2D eigenvalue weighted by Crippen LogP contribution is -2.15. The fourth-order valence-electron chi connectivity index (χ4n) is 3.62. The van der Waals surface area contributed by atoms with Gasteiger partial charge in [0.15, 0.2) is 11.5 Å². The van der Waals surface area contributed by atoms with Crippen LogP contribution in [0.15, 0.2) is 71.5 Å². The van der Waals surface area contributed by atoms with Gasteiger partial charge in [-0.2, -0.15) is 0 Å². The monoisotopic (exact) mass is 400 g/mol. The largest absolute Gasteiger partial charge is 0.495 e. The second-order valence-electron chi connectivity index (χ2n) is 7.05. The van der Waals surface area contributed by atoms with Crippen molar-refractivity contribution in [2.75, 3.05) is 19.2 Å². The first kappa shape index (κ1) is 18.1. The van der Waals surface area contributed by atoms with Crippen molar-refractivity contribution < 1.29 is 14.2 Å². The molecule has 3 aromatic carbocycles. The molecule has 0 saturated carbocycles. The molecule has 0 fully saturated rings. The van der Waals surface area contributed by atoms with Crippen molar-refractivity contribution in [2.24, 2.45) is 0 Å². The van der Waals surface area contributed by atoms with Gasteiger partial charge in [-0.3, -0.25) is 4.79 Å². The van der Waals surface area contributed by atoms with E-state index in [1.807, 2.05) is 48.5 Å². The second kappa shape index (κ2) is 7.48. The summed E-state index contributed by atoms with van der Waals surface area (Å²) in [5, 5.41) is 4.24. The lowest BCUT2D eigenvalue weighted by atomic mass is 10.0. The lowest BCUT2D eigenvalue weighted by molar-refractivity contribution is 0.174. The number of aromatic amines is 1. The molecule has 4 aromatic rings. The summed E-state index contributed by atoms with van der Waals surface area (Å²) in [4.78, 5) is 15.5. The van der Waals surface area contributed by atoms with Gasteiger partial charge in [0.25, 0.3) is 5.56 Å². The lowest BCUT2D eigenvalue weighted by Gasteiger charge is -2.13. The number of methoxy groups -OCH3 is 1. The van der Waals surface area contributed by atoms with Gasteiger partial charge in [-0.1, -0.05) is 36.4 Å². The van der Waals surface area contributed by atoms with Gasteiger partial charge in [0.1, 0.15) is 5.75 Å². The number of hydrogen-bond acceptors (Lipinski definition) is 5. The highest BCUT2D eigenvalue weighted by Crippen LogP contribution is 2.35. The minimum absolute atomic E-state index is 0.146. The average molecular weight is 400 g/mol. The minimum Gasteiger partial charge on any atom is -0.495 e. The summed E-state index contributed by atoms with van der Waals surface area (Å²) >= 11 is 0. The van der Waals surface area contributed by atoms with Crippen molar-refractivity contribution in [1.82, 2.24) is 4.98 Å². The molecule has 0 bridgehead atoms. The number of pyridine rings is 1.